The quantitative estimate of drug-likeness (QED) is 0.600. The van der Waals surface area contributed by atoms with Gasteiger partial charge in [0.25, 0.3) is 0 Å². The van der Waals surface area contributed by atoms with Crippen molar-refractivity contribution in [1.29, 1.82) is 0 Å². The smallest absolute Gasteiger partial charge is 0.159 e. The van der Waals surface area contributed by atoms with E-state index in [1.165, 1.54) is 24.7 Å². The van der Waals surface area contributed by atoms with Crippen molar-refractivity contribution in [2.45, 2.75) is 46.0 Å². The van der Waals surface area contributed by atoms with E-state index >= 15 is 0 Å². The molecule has 1 aromatic carbocycles. The summed E-state index contributed by atoms with van der Waals surface area (Å²) in [6.45, 7) is 5.23. The molecule has 5 heteroatoms. The molecule has 0 saturated carbocycles. The Morgan fingerprint density at radius 3 is 2.35 bits per heavy atom. The van der Waals surface area contributed by atoms with Crippen LogP contribution in [0.1, 0.15) is 45.1 Å². The molecule has 5 nitrogen and oxygen atoms in total. The maximum atomic E-state index is 6.16. The fourth-order valence-electron chi connectivity index (χ4n) is 2.29. The summed E-state index contributed by atoms with van der Waals surface area (Å²) in [5, 5.41) is 6.53. The summed E-state index contributed by atoms with van der Waals surface area (Å²) in [5.41, 5.74) is 9.05. The molecule has 0 fully saturated rings. The molecule has 0 spiro atoms. The van der Waals surface area contributed by atoms with E-state index in [2.05, 4.69) is 58.7 Å². The Morgan fingerprint density at radius 2 is 1.65 bits per heavy atom. The number of aryl methyl sites for hydroxylation is 1. The highest BCUT2D eigenvalue weighted by Gasteiger charge is 2.07. The van der Waals surface area contributed by atoms with E-state index in [0.717, 1.165) is 31.5 Å². The second-order valence-electron chi connectivity index (χ2n) is 5.69. The van der Waals surface area contributed by atoms with Gasteiger partial charge in [-0.15, -0.1) is 0 Å². The van der Waals surface area contributed by atoms with Gasteiger partial charge in [-0.05, 0) is 37.0 Å². The average molecular weight is 313 g/mol. The van der Waals surface area contributed by atoms with Crippen LogP contribution in [0.4, 0.5) is 23.0 Å². The molecule has 4 N–H and O–H groups in total. The van der Waals surface area contributed by atoms with E-state index in [1.807, 2.05) is 0 Å². The van der Waals surface area contributed by atoms with Crippen LogP contribution in [0.5, 0.6) is 0 Å². The molecule has 124 valence electrons. The lowest BCUT2D eigenvalue weighted by molar-refractivity contribution is 0.795. The fraction of sp³-hybridized carbons (Fsp3) is 0.444. The molecule has 0 bridgehead atoms. The van der Waals surface area contributed by atoms with Crippen molar-refractivity contribution in [2.24, 2.45) is 0 Å². The summed E-state index contributed by atoms with van der Waals surface area (Å²) in [7, 11) is 0. The average Bonchev–Trinajstić information content (AvgIpc) is 2.57. The first-order chi connectivity index (χ1) is 11.2. The predicted octanol–water partition coefficient (Wildman–Crippen LogP) is 4.36. The number of nitrogens with one attached hydrogen (secondary N) is 2. The monoisotopic (exact) mass is 313 g/mol. The molecular weight excluding hydrogens is 286 g/mol. The van der Waals surface area contributed by atoms with Crippen molar-refractivity contribution in [3.8, 4) is 0 Å². The number of nitrogens with zero attached hydrogens (tertiary/aromatic N) is 2. The topological polar surface area (TPSA) is 75.9 Å². The van der Waals surface area contributed by atoms with E-state index in [9.17, 15) is 0 Å². The number of aromatic nitrogens is 2. The van der Waals surface area contributed by atoms with Gasteiger partial charge in [-0.3, -0.25) is 0 Å². The molecule has 0 amide bonds. The number of benzene rings is 1. The van der Waals surface area contributed by atoms with Crippen LogP contribution in [0.2, 0.25) is 0 Å². The second-order valence-corrected chi connectivity index (χ2v) is 5.69. The second kappa shape index (κ2) is 8.98. The van der Waals surface area contributed by atoms with Crippen molar-refractivity contribution >= 4 is 23.0 Å². The molecule has 0 aliphatic heterocycles. The largest absolute Gasteiger partial charge is 0.393 e. The van der Waals surface area contributed by atoms with E-state index in [4.69, 9.17) is 5.73 Å². The summed E-state index contributed by atoms with van der Waals surface area (Å²) >= 11 is 0. The Labute approximate surface area is 138 Å². The number of anilines is 4. The van der Waals surface area contributed by atoms with Gasteiger partial charge in [0.2, 0.25) is 0 Å². The Kier molecular flexibility index (Phi) is 6.66. The molecule has 0 saturated heterocycles. The molecule has 2 rings (SSSR count). The summed E-state index contributed by atoms with van der Waals surface area (Å²) in [5.74, 6) is 1.33. The van der Waals surface area contributed by atoms with Crippen LogP contribution < -0.4 is 16.4 Å². The Balaban J connectivity index is 2.03. The highest BCUT2D eigenvalue weighted by molar-refractivity contribution is 5.77. The lowest BCUT2D eigenvalue weighted by Gasteiger charge is -2.12. The Bertz CT molecular complexity index is 595. The van der Waals surface area contributed by atoms with Gasteiger partial charge in [-0.1, -0.05) is 38.8 Å². The van der Waals surface area contributed by atoms with Crippen molar-refractivity contribution < 1.29 is 0 Å². The Hall–Kier alpha value is -2.30. The van der Waals surface area contributed by atoms with Gasteiger partial charge in [0.05, 0.1) is 0 Å². The van der Waals surface area contributed by atoms with Crippen molar-refractivity contribution in [3.63, 3.8) is 0 Å². The maximum Gasteiger partial charge on any atom is 0.159 e. The van der Waals surface area contributed by atoms with E-state index in [0.29, 0.717) is 17.3 Å². The number of hydrogen-bond donors (Lipinski definition) is 3. The van der Waals surface area contributed by atoms with Gasteiger partial charge in [-0.25, -0.2) is 9.97 Å². The molecular formula is C18H27N5. The lowest BCUT2D eigenvalue weighted by atomic mass is 10.1. The van der Waals surface area contributed by atoms with Crippen LogP contribution in [0.25, 0.3) is 0 Å². The van der Waals surface area contributed by atoms with Crippen molar-refractivity contribution in [2.75, 3.05) is 22.9 Å². The van der Waals surface area contributed by atoms with Gasteiger partial charge >= 0.3 is 0 Å². The standard InChI is InChI=1S/C18H27N5/c1-3-5-7-14-8-10-15(11-9-14)23-18-16(19)17(21-13-22-18)20-12-6-4-2/h8-11,13H,3-7,12,19H2,1-2H3,(H2,20,21,22,23). The number of nitrogens with two attached hydrogens (primary N) is 1. The number of nitrogen functional groups attached to an aromatic ring is 1. The predicted molar refractivity (Wildman–Crippen MR) is 98.2 cm³/mol. The van der Waals surface area contributed by atoms with Crippen LogP contribution in [0.3, 0.4) is 0 Å². The molecule has 0 radical (unpaired) electrons. The first-order valence-corrected chi connectivity index (χ1v) is 8.44. The first kappa shape index (κ1) is 17.1. The lowest BCUT2D eigenvalue weighted by Crippen LogP contribution is -2.09. The van der Waals surface area contributed by atoms with E-state index in [1.54, 1.807) is 0 Å². The summed E-state index contributed by atoms with van der Waals surface area (Å²) in [6.07, 6.45) is 7.31. The first-order valence-electron chi connectivity index (χ1n) is 8.44. The fourth-order valence-corrected chi connectivity index (χ4v) is 2.29. The highest BCUT2D eigenvalue weighted by Crippen LogP contribution is 2.26. The molecule has 0 aliphatic carbocycles. The Morgan fingerprint density at radius 1 is 0.957 bits per heavy atom. The zero-order chi connectivity index (χ0) is 16.5. The van der Waals surface area contributed by atoms with Gasteiger partial charge in [0.15, 0.2) is 11.6 Å². The van der Waals surface area contributed by atoms with Gasteiger partial charge in [0, 0.05) is 12.2 Å². The van der Waals surface area contributed by atoms with Gasteiger partial charge < -0.3 is 16.4 Å². The van der Waals surface area contributed by atoms with Crippen molar-refractivity contribution in [3.05, 3.63) is 36.2 Å². The van der Waals surface area contributed by atoms with Crippen molar-refractivity contribution in [1.82, 2.24) is 9.97 Å². The number of rotatable bonds is 9. The summed E-state index contributed by atoms with van der Waals surface area (Å²) in [6, 6.07) is 8.43. The zero-order valence-electron chi connectivity index (χ0n) is 14.1. The van der Waals surface area contributed by atoms with Gasteiger partial charge in [0.1, 0.15) is 12.0 Å². The highest BCUT2D eigenvalue weighted by atomic mass is 15.1. The minimum Gasteiger partial charge on any atom is -0.393 e. The zero-order valence-corrected chi connectivity index (χ0v) is 14.1. The van der Waals surface area contributed by atoms with E-state index in [-0.39, 0.29) is 0 Å². The van der Waals surface area contributed by atoms with Crippen LogP contribution in [-0.4, -0.2) is 16.5 Å². The molecule has 1 heterocycles. The number of unbranched alkanes of at least 4 members (excludes halogenated alkanes) is 2. The van der Waals surface area contributed by atoms with Crippen LogP contribution in [-0.2, 0) is 6.42 Å². The summed E-state index contributed by atoms with van der Waals surface area (Å²) in [4.78, 5) is 8.46. The van der Waals surface area contributed by atoms with Gasteiger partial charge in [-0.2, -0.15) is 0 Å². The SMILES string of the molecule is CCCCNc1ncnc(Nc2ccc(CCCC)cc2)c1N. The third-order valence-electron chi connectivity index (χ3n) is 3.74. The van der Waals surface area contributed by atoms with E-state index < -0.39 is 0 Å². The number of hydrogen-bond acceptors (Lipinski definition) is 5. The third-order valence-corrected chi connectivity index (χ3v) is 3.74. The minimum absolute atomic E-state index is 0.554. The molecule has 0 unspecified atom stereocenters. The van der Waals surface area contributed by atoms with Crippen LogP contribution in [0.15, 0.2) is 30.6 Å². The third kappa shape index (κ3) is 5.13. The molecule has 23 heavy (non-hydrogen) atoms. The molecule has 1 aromatic heterocycles. The minimum atomic E-state index is 0.554. The van der Waals surface area contributed by atoms with Crippen LogP contribution in [0, 0.1) is 0 Å². The maximum absolute atomic E-state index is 6.16. The molecule has 2 aromatic rings. The normalized spacial score (nSPS) is 10.5. The molecule has 0 atom stereocenters. The molecule has 0 aliphatic rings. The summed E-state index contributed by atoms with van der Waals surface area (Å²) < 4.78 is 0. The van der Waals surface area contributed by atoms with Crippen LogP contribution >= 0.6 is 0 Å².